The lowest BCUT2D eigenvalue weighted by Gasteiger charge is -2.31. The third-order valence-electron chi connectivity index (χ3n) is 7.19. The molecule has 2 saturated heterocycles. The van der Waals surface area contributed by atoms with Crippen molar-refractivity contribution in [3.05, 3.63) is 77.4 Å². The van der Waals surface area contributed by atoms with E-state index in [-0.39, 0.29) is 29.6 Å². The Bertz CT molecular complexity index is 1060. The second-order valence-corrected chi connectivity index (χ2v) is 9.18. The number of esters is 1. The van der Waals surface area contributed by atoms with Gasteiger partial charge in [0.1, 0.15) is 11.9 Å². The topological polar surface area (TPSA) is 56.6 Å². The average molecular weight is 416 g/mol. The Morgan fingerprint density at radius 2 is 1.87 bits per heavy atom. The van der Waals surface area contributed by atoms with Crippen LogP contribution in [-0.2, 0) is 21.4 Å². The van der Waals surface area contributed by atoms with Gasteiger partial charge < -0.3 is 9.64 Å². The summed E-state index contributed by atoms with van der Waals surface area (Å²) in [6.45, 7) is 4.24. The number of carbonyl (C=O) groups excluding carboxylic acids is 1. The van der Waals surface area contributed by atoms with E-state index in [0.717, 1.165) is 12.1 Å². The van der Waals surface area contributed by atoms with Crippen molar-refractivity contribution in [1.82, 2.24) is 4.90 Å². The summed E-state index contributed by atoms with van der Waals surface area (Å²) in [6.07, 6.45) is 4.52. The summed E-state index contributed by atoms with van der Waals surface area (Å²) in [7, 11) is 1.47. The van der Waals surface area contributed by atoms with Gasteiger partial charge >= 0.3 is 5.97 Å². The molecule has 0 aliphatic carbocycles. The molecule has 0 spiro atoms. The normalized spacial score (nSPS) is 28.4. The van der Waals surface area contributed by atoms with Gasteiger partial charge in [-0.25, -0.2) is 0 Å². The third kappa shape index (κ3) is 2.87. The van der Waals surface area contributed by atoms with Crippen molar-refractivity contribution in [2.24, 2.45) is 0 Å². The zero-order valence-electron chi connectivity index (χ0n) is 18.3. The highest BCUT2D eigenvalue weighted by Crippen LogP contribution is 2.59. The van der Waals surface area contributed by atoms with Crippen LogP contribution >= 0.6 is 0 Å². The first kappa shape index (κ1) is 20.0. The largest absolute Gasteiger partial charge is 0.468 e. The van der Waals surface area contributed by atoms with Crippen LogP contribution in [0, 0.1) is 5.41 Å². The van der Waals surface area contributed by atoms with Crippen LogP contribution in [0.2, 0.25) is 0 Å². The lowest BCUT2D eigenvalue weighted by atomic mass is 9.75. The van der Waals surface area contributed by atoms with Gasteiger partial charge in [0.25, 0.3) is 0 Å². The minimum Gasteiger partial charge on any atom is -0.468 e. The maximum Gasteiger partial charge on any atom is 0.323 e. The fraction of sp³-hybridized carbons (Fsp3) is 0.385. The number of hydrogen-bond acceptors (Lipinski definition) is 4. The van der Waals surface area contributed by atoms with Crippen molar-refractivity contribution in [3.8, 4) is 0 Å². The lowest BCUT2D eigenvalue weighted by molar-refractivity contribution is -0.146. The highest BCUT2D eigenvalue weighted by atomic mass is 16.5. The Morgan fingerprint density at radius 1 is 1.16 bits per heavy atom. The molecule has 0 aromatic heterocycles. The molecule has 0 bridgehead atoms. The number of fused-ring (bicyclic) bond motifs is 3. The fourth-order valence-electron chi connectivity index (χ4n) is 5.89. The summed E-state index contributed by atoms with van der Waals surface area (Å²) >= 11 is 0. The van der Waals surface area contributed by atoms with E-state index in [1.165, 1.54) is 23.8 Å². The predicted molar refractivity (Wildman–Crippen MR) is 122 cm³/mol. The molecule has 0 amide bonds. The van der Waals surface area contributed by atoms with Crippen molar-refractivity contribution >= 4 is 17.5 Å². The molecular formula is C26H29N3O2. The molecule has 5 nitrogen and oxygen atoms in total. The van der Waals surface area contributed by atoms with Crippen LogP contribution in [-0.4, -0.2) is 42.1 Å². The molecular weight excluding hydrogens is 386 g/mol. The van der Waals surface area contributed by atoms with E-state index in [1.54, 1.807) is 0 Å². The number of benzene rings is 2. The molecule has 3 aliphatic heterocycles. The monoisotopic (exact) mass is 415 g/mol. The number of hydrogen-bond donors (Lipinski definition) is 1. The Balaban J connectivity index is 1.66. The second-order valence-electron chi connectivity index (χ2n) is 9.18. The molecule has 4 atom stereocenters. The molecule has 0 radical (unpaired) electrons. The number of carbonyl (C=O) groups is 1. The summed E-state index contributed by atoms with van der Waals surface area (Å²) < 4.78 is 5.26. The zero-order chi connectivity index (χ0) is 21.8. The van der Waals surface area contributed by atoms with Crippen molar-refractivity contribution < 1.29 is 9.53 Å². The van der Waals surface area contributed by atoms with Crippen molar-refractivity contribution in [1.29, 1.82) is 5.41 Å². The Hall–Kier alpha value is -2.92. The molecule has 2 aromatic carbocycles. The number of para-hydroxylation sites is 1. The zero-order valence-corrected chi connectivity index (χ0v) is 18.3. The summed E-state index contributed by atoms with van der Waals surface area (Å²) in [5, 5.41) is 9.18. The van der Waals surface area contributed by atoms with E-state index in [1.807, 2.05) is 18.2 Å². The fourth-order valence-corrected chi connectivity index (χ4v) is 5.89. The molecule has 5 heteroatoms. The number of rotatable bonds is 5. The molecule has 3 heterocycles. The van der Waals surface area contributed by atoms with Crippen LogP contribution in [0.1, 0.15) is 37.8 Å². The molecule has 0 saturated carbocycles. The van der Waals surface area contributed by atoms with Gasteiger partial charge in [0.2, 0.25) is 0 Å². The quantitative estimate of drug-likeness (QED) is 0.585. The summed E-state index contributed by atoms with van der Waals surface area (Å²) in [4.78, 5) is 17.4. The van der Waals surface area contributed by atoms with Crippen LogP contribution in [0.3, 0.4) is 0 Å². The van der Waals surface area contributed by atoms with Crippen LogP contribution < -0.4 is 4.90 Å². The molecule has 160 valence electrons. The molecule has 0 unspecified atom stereocenters. The molecule has 1 N–H and O–H groups in total. The maximum absolute atomic E-state index is 13.0. The van der Waals surface area contributed by atoms with Gasteiger partial charge in [-0.15, -0.1) is 0 Å². The number of amidine groups is 1. The van der Waals surface area contributed by atoms with Crippen molar-refractivity contribution in [2.75, 3.05) is 12.0 Å². The van der Waals surface area contributed by atoms with Gasteiger partial charge in [0.05, 0.1) is 19.3 Å². The summed E-state index contributed by atoms with van der Waals surface area (Å²) in [5.41, 5.74) is 4.58. The Kier molecular flexibility index (Phi) is 4.74. The van der Waals surface area contributed by atoms with Crippen molar-refractivity contribution in [2.45, 2.75) is 56.8 Å². The number of methoxy groups -OCH3 is 1. The minimum atomic E-state index is -0.354. The highest BCUT2D eigenvalue weighted by molar-refractivity contribution is 6.06. The molecule has 31 heavy (non-hydrogen) atoms. The number of nitrogens with one attached hydrogen (secondary N) is 1. The summed E-state index contributed by atoms with van der Waals surface area (Å²) in [6, 6.07) is 18.2. The first-order chi connectivity index (χ1) is 15.0. The minimum absolute atomic E-state index is 0.0363. The van der Waals surface area contributed by atoms with Gasteiger partial charge in [-0.3, -0.25) is 15.1 Å². The van der Waals surface area contributed by atoms with E-state index >= 15 is 0 Å². The van der Waals surface area contributed by atoms with E-state index in [9.17, 15) is 10.2 Å². The number of ether oxygens (including phenoxy) is 1. The van der Waals surface area contributed by atoms with E-state index in [2.05, 4.69) is 66.1 Å². The number of anilines is 1. The standard InChI is InChI=1S/C26H29N3O2/c1-17(2)13-14-26-16-22(24(30)31-3)28-21(15-18-9-5-4-6-10-18)23(27)29(25(26)28)20-12-8-7-11-19(20)26/h4-13,21-22,25,27H,14-16H2,1-3H3/t21-,22+,25+,26-/m1/s1. The van der Waals surface area contributed by atoms with Gasteiger partial charge in [-0.1, -0.05) is 60.2 Å². The van der Waals surface area contributed by atoms with Crippen LogP contribution in [0.15, 0.2) is 66.2 Å². The van der Waals surface area contributed by atoms with Gasteiger partial charge in [-0.05, 0) is 50.3 Å². The Morgan fingerprint density at radius 3 is 2.58 bits per heavy atom. The van der Waals surface area contributed by atoms with Crippen LogP contribution in [0.25, 0.3) is 0 Å². The molecule has 2 aromatic rings. The molecule has 5 rings (SSSR count). The Labute approximate surface area is 183 Å². The number of allylic oxidation sites excluding steroid dienone is 2. The summed E-state index contributed by atoms with van der Waals surface area (Å²) in [5.74, 6) is 0.380. The van der Waals surface area contributed by atoms with Crippen LogP contribution in [0.5, 0.6) is 0 Å². The van der Waals surface area contributed by atoms with E-state index in [4.69, 9.17) is 4.74 Å². The maximum atomic E-state index is 13.0. The van der Waals surface area contributed by atoms with E-state index in [0.29, 0.717) is 18.7 Å². The predicted octanol–water partition coefficient (Wildman–Crippen LogP) is 4.28. The SMILES string of the molecule is COC(=O)[C@@H]1C[C@]2(CC=C(C)C)c3ccccc3N3C(=N)[C@@H](Cc4ccccc4)N1[C@@H]32. The first-order valence-electron chi connectivity index (χ1n) is 11.0. The van der Waals surface area contributed by atoms with Crippen LogP contribution in [0.4, 0.5) is 5.69 Å². The molecule has 3 aliphatic rings. The second kappa shape index (κ2) is 7.34. The first-order valence-corrected chi connectivity index (χ1v) is 11.0. The third-order valence-corrected chi connectivity index (χ3v) is 7.19. The smallest absolute Gasteiger partial charge is 0.323 e. The van der Waals surface area contributed by atoms with E-state index < -0.39 is 0 Å². The van der Waals surface area contributed by atoms with Gasteiger partial charge in [-0.2, -0.15) is 0 Å². The van der Waals surface area contributed by atoms with Crippen molar-refractivity contribution in [3.63, 3.8) is 0 Å². The average Bonchev–Trinajstić information content (AvgIpc) is 3.36. The van der Waals surface area contributed by atoms with Gasteiger partial charge in [0.15, 0.2) is 0 Å². The molecule has 2 fully saturated rings. The highest BCUT2D eigenvalue weighted by Gasteiger charge is 2.68. The number of nitrogens with zero attached hydrogens (tertiary/aromatic N) is 2. The van der Waals surface area contributed by atoms with Gasteiger partial charge in [0, 0.05) is 11.1 Å². The lowest BCUT2D eigenvalue weighted by Crippen LogP contribution is -2.47.